The molecule has 0 aromatic heterocycles. The lowest BCUT2D eigenvalue weighted by atomic mass is 10.6. The molecule has 0 saturated carbocycles. The SMILES string of the molecule is C=C(F)F.C=C(F)F.C=C(F)F.FC(F)=C(F)C(F)(F)F. The Bertz CT molecular complexity index is 306. The molecule has 0 aliphatic carbocycles. The van der Waals surface area contributed by atoms with Crippen molar-refractivity contribution in [3.8, 4) is 0 Å². The largest absolute Gasteiger partial charge is 0.448 e. The number of allylic oxidation sites excluding steroid dienone is 1. The van der Waals surface area contributed by atoms with Crippen LogP contribution in [0.2, 0.25) is 0 Å². The molecule has 0 heterocycles. The summed E-state index contributed by atoms with van der Waals surface area (Å²) in [6, 6.07) is 0. The van der Waals surface area contributed by atoms with Gasteiger partial charge in [0.15, 0.2) is 0 Å². The highest BCUT2D eigenvalue weighted by molar-refractivity contribution is 4.98. The molecular weight excluding hydrogens is 336 g/mol. The van der Waals surface area contributed by atoms with Crippen molar-refractivity contribution in [1.82, 2.24) is 0 Å². The van der Waals surface area contributed by atoms with E-state index in [9.17, 15) is 52.7 Å². The molecule has 0 N–H and O–H groups in total. The molecule has 0 aromatic rings. The Labute approximate surface area is 110 Å². The highest BCUT2D eigenvalue weighted by Gasteiger charge is 2.38. The first-order valence-electron chi connectivity index (χ1n) is 3.83. The molecule has 0 amide bonds. The highest BCUT2D eigenvalue weighted by Crippen LogP contribution is 2.29. The summed E-state index contributed by atoms with van der Waals surface area (Å²) in [5.41, 5.74) is 0. The van der Waals surface area contributed by atoms with Crippen molar-refractivity contribution in [2.75, 3.05) is 0 Å². The van der Waals surface area contributed by atoms with Gasteiger partial charge in [-0.3, -0.25) is 0 Å². The topological polar surface area (TPSA) is 0 Å². The average Bonchev–Trinajstić information content (AvgIpc) is 2.11. The Morgan fingerprint density at radius 2 is 0.667 bits per heavy atom. The summed E-state index contributed by atoms with van der Waals surface area (Å²) in [5.74, 6) is -3.33. The van der Waals surface area contributed by atoms with E-state index in [0.29, 0.717) is 0 Å². The maximum Gasteiger partial charge on any atom is 0.448 e. The maximum atomic E-state index is 11.0. The van der Waals surface area contributed by atoms with Crippen molar-refractivity contribution in [1.29, 1.82) is 0 Å². The third kappa shape index (κ3) is 71.4. The molecular formula is C9H6F12. The van der Waals surface area contributed by atoms with Crippen molar-refractivity contribution >= 4 is 0 Å². The van der Waals surface area contributed by atoms with Crippen LogP contribution in [0.5, 0.6) is 0 Å². The molecule has 0 aromatic carbocycles. The third-order valence-electron chi connectivity index (χ3n) is 0.415. The van der Waals surface area contributed by atoms with Crippen LogP contribution in [0.1, 0.15) is 0 Å². The lowest BCUT2D eigenvalue weighted by Crippen LogP contribution is -2.08. The number of halogens is 12. The quantitative estimate of drug-likeness (QED) is 0.424. The summed E-state index contributed by atoms with van der Waals surface area (Å²) in [5, 5.41) is 0. The van der Waals surface area contributed by atoms with Gasteiger partial charge in [0.1, 0.15) is 0 Å². The van der Waals surface area contributed by atoms with Gasteiger partial charge >= 0.3 is 12.3 Å². The predicted molar refractivity (Wildman–Crippen MR) is 50.5 cm³/mol. The van der Waals surface area contributed by atoms with Crippen molar-refractivity contribution in [2.45, 2.75) is 6.18 Å². The van der Waals surface area contributed by atoms with E-state index in [0.717, 1.165) is 0 Å². The predicted octanol–water partition coefficient (Wildman–Crippen LogP) is 6.82. The molecule has 12 heteroatoms. The van der Waals surface area contributed by atoms with Gasteiger partial charge in [0, 0.05) is 0 Å². The van der Waals surface area contributed by atoms with Crippen molar-refractivity contribution in [3.05, 3.63) is 49.9 Å². The molecule has 0 aliphatic heterocycles. The lowest BCUT2D eigenvalue weighted by molar-refractivity contribution is -0.113. The van der Waals surface area contributed by atoms with Gasteiger partial charge in [-0.1, -0.05) is 0 Å². The molecule has 0 unspecified atom stereocenters. The fourth-order valence-corrected chi connectivity index (χ4v) is 0.107. The molecule has 0 bridgehead atoms. The smallest absolute Gasteiger partial charge is 0.196 e. The van der Waals surface area contributed by atoms with Gasteiger partial charge in [0.05, 0.1) is 0 Å². The van der Waals surface area contributed by atoms with Gasteiger partial charge in [-0.05, 0) is 19.7 Å². The summed E-state index contributed by atoms with van der Waals surface area (Å²) in [7, 11) is 0. The van der Waals surface area contributed by atoms with Gasteiger partial charge in [-0.15, -0.1) is 0 Å². The zero-order valence-corrected chi connectivity index (χ0v) is 9.66. The summed E-state index contributed by atoms with van der Waals surface area (Å²) < 4.78 is 126. The fraction of sp³-hybridized carbons (Fsp3) is 0.111. The number of hydrogen-bond acceptors (Lipinski definition) is 0. The first-order valence-corrected chi connectivity index (χ1v) is 3.83. The van der Waals surface area contributed by atoms with Crippen molar-refractivity contribution < 1.29 is 52.7 Å². The zero-order chi connectivity index (χ0) is 18.4. The molecule has 0 spiro atoms. The second-order valence-electron chi connectivity index (χ2n) is 2.09. The monoisotopic (exact) mass is 342 g/mol. The Kier molecular flexibility index (Phi) is 19.0. The molecule has 0 atom stereocenters. The fourth-order valence-electron chi connectivity index (χ4n) is 0.107. The molecule has 21 heavy (non-hydrogen) atoms. The highest BCUT2D eigenvalue weighted by atomic mass is 19.4. The maximum absolute atomic E-state index is 11.0. The minimum atomic E-state index is -5.56. The third-order valence-corrected chi connectivity index (χ3v) is 0.415. The second kappa shape index (κ2) is 14.5. The van der Waals surface area contributed by atoms with Crippen LogP contribution >= 0.6 is 0 Å². The van der Waals surface area contributed by atoms with E-state index in [1.807, 2.05) is 0 Å². The van der Waals surface area contributed by atoms with Gasteiger partial charge in [-0.25, -0.2) is 0 Å². The van der Waals surface area contributed by atoms with E-state index in [2.05, 4.69) is 19.7 Å². The zero-order valence-electron chi connectivity index (χ0n) is 9.66. The van der Waals surface area contributed by atoms with Crippen LogP contribution in [-0.2, 0) is 0 Å². The van der Waals surface area contributed by atoms with Crippen LogP contribution in [0.3, 0.4) is 0 Å². The molecule has 0 rings (SSSR count). The van der Waals surface area contributed by atoms with E-state index in [1.54, 1.807) is 0 Å². The van der Waals surface area contributed by atoms with E-state index in [1.165, 1.54) is 0 Å². The van der Waals surface area contributed by atoms with Crippen molar-refractivity contribution in [3.63, 3.8) is 0 Å². The summed E-state index contributed by atoms with van der Waals surface area (Å²) >= 11 is 0. The first-order chi connectivity index (χ1) is 9.05. The van der Waals surface area contributed by atoms with Gasteiger partial charge < -0.3 is 0 Å². The standard InChI is InChI=1S/C3F6.3C2H2F2/c4-1(2(5)6)3(7,8)9;3*1-2(3)4/h;3*1H2. The van der Waals surface area contributed by atoms with E-state index in [4.69, 9.17) is 0 Å². The van der Waals surface area contributed by atoms with Crippen LogP contribution in [0.25, 0.3) is 0 Å². The minimum Gasteiger partial charge on any atom is -0.196 e. The van der Waals surface area contributed by atoms with Gasteiger partial charge in [0.2, 0.25) is 0 Å². The van der Waals surface area contributed by atoms with E-state index >= 15 is 0 Å². The molecule has 0 nitrogen and oxygen atoms in total. The summed E-state index contributed by atoms with van der Waals surface area (Å²) in [6.07, 6.45) is -14.4. The molecule has 0 aliphatic rings. The second-order valence-corrected chi connectivity index (χ2v) is 2.09. The molecule has 0 radical (unpaired) electrons. The molecule has 0 fully saturated rings. The Morgan fingerprint density at radius 3 is 0.667 bits per heavy atom. The van der Waals surface area contributed by atoms with Crippen LogP contribution < -0.4 is 0 Å². The number of alkyl halides is 3. The van der Waals surface area contributed by atoms with Crippen LogP contribution in [-0.4, -0.2) is 6.18 Å². The van der Waals surface area contributed by atoms with Crippen LogP contribution in [0.15, 0.2) is 49.9 Å². The van der Waals surface area contributed by atoms with E-state index in [-0.39, 0.29) is 0 Å². The van der Waals surface area contributed by atoms with Gasteiger partial charge in [-0.2, -0.15) is 52.7 Å². The van der Waals surface area contributed by atoms with Crippen molar-refractivity contribution in [2.24, 2.45) is 0 Å². The lowest BCUT2D eigenvalue weighted by Gasteiger charge is -1.98. The minimum absolute atomic E-state index is 1.83. The molecule has 0 saturated heterocycles. The molecule has 126 valence electrons. The van der Waals surface area contributed by atoms with E-state index < -0.39 is 36.3 Å². The Morgan fingerprint density at radius 1 is 0.524 bits per heavy atom. The van der Waals surface area contributed by atoms with Crippen LogP contribution in [0.4, 0.5) is 52.7 Å². The Hall–Kier alpha value is -1.88. The Balaban J connectivity index is -0.000000102. The summed E-state index contributed by atoms with van der Waals surface area (Å²) in [6.45, 7) is 6.67. The van der Waals surface area contributed by atoms with Crippen LogP contribution in [0, 0.1) is 0 Å². The number of rotatable bonds is 0. The van der Waals surface area contributed by atoms with Gasteiger partial charge in [0.25, 0.3) is 24.1 Å². The number of hydrogen-bond donors (Lipinski definition) is 0. The average molecular weight is 342 g/mol. The summed E-state index contributed by atoms with van der Waals surface area (Å²) in [4.78, 5) is 0. The normalized spacial score (nSPS) is 8.57. The first kappa shape index (κ1) is 27.5.